The van der Waals surface area contributed by atoms with E-state index in [4.69, 9.17) is 26.8 Å². The monoisotopic (exact) mass is 282 g/mol. The lowest BCUT2D eigenvalue weighted by Gasteiger charge is -2.08. The minimum absolute atomic E-state index is 0.191. The van der Waals surface area contributed by atoms with Crippen LogP contribution in [0.5, 0.6) is 5.75 Å². The molecule has 0 aromatic heterocycles. The van der Waals surface area contributed by atoms with Crippen LogP contribution >= 0.6 is 0 Å². The number of halogens is 3. The normalized spacial score (nSPS) is 9.84. The van der Waals surface area contributed by atoms with E-state index in [1.807, 2.05) is 0 Å². The summed E-state index contributed by atoms with van der Waals surface area (Å²) in [4.78, 5) is 11.9. The highest BCUT2D eigenvalue weighted by molar-refractivity contribution is 5.79. The number of aliphatic imine (C=N–C) groups is 1. The van der Waals surface area contributed by atoms with Crippen LogP contribution in [0.25, 0.3) is 0 Å². The van der Waals surface area contributed by atoms with Crippen molar-refractivity contribution in [2.45, 2.75) is 6.36 Å². The molecule has 11 heteroatoms. The van der Waals surface area contributed by atoms with Gasteiger partial charge in [-0.15, -0.1) is 23.3 Å². The van der Waals surface area contributed by atoms with E-state index in [-0.39, 0.29) is 17.4 Å². The molecule has 0 fully saturated rings. The first-order valence-electron chi connectivity index (χ1n) is 4.39. The minimum Gasteiger partial charge on any atom is -0.406 e. The third-order valence-corrected chi connectivity index (χ3v) is 1.31. The summed E-state index contributed by atoms with van der Waals surface area (Å²) in [5.74, 6) is -0.607. The van der Waals surface area contributed by atoms with Gasteiger partial charge >= 0.3 is 6.36 Å². The van der Waals surface area contributed by atoms with E-state index in [1.165, 1.54) is 12.1 Å². The molecule has 0 amide bonds. The number of nitrogens with two attached hydrogens (primary N) is 2. The van der Waals surface area contributed by atoms with Gasteiger partial charge in [0.2, 0.25) is 0 Å². The zero-order valence-corrected chi connectivity index (χ0v) is 9.16. The van der Waals surface area contributed by atoms with Crippen LogP contribution in [-0.2, 0) is 0 Å². The fourth-order valence-corrected chi connectivity index (χ4v) is 0.899. The predicted octanol–water partition coefficient (Wildman–Crippen LogP) is 1.14. The molecule has 0 atom stereocenters. The molecule has 19 heavy (non-hydrogen) atoms. The summed E-state index contributed by atoms with van der Waals surface area (Å²) in [6, 6.07) is 5.03. The first kappa shape index (κ1) is 16.3. The summed E-state index contributed by atoms with van der Waals surface area (Å²) in [6.07, 6.45) is -4.73. The molecule has 0 aliphatic rings. The Morgan fingerprint density at radius 2 is 1.95 bits per heavy atom. The molecule has 0 aliphatic carbocycles. The van der Waals surface area contributed by atoms with Gasteiger partial charge in [-0.2, -0.15) is 0 Å². The SMILES string of the molecule is NC(N)=Nc1cccc(OC(F)(F)F)c1.O=[N+]([O-])O. The number of hydrogen-bond donors (Lipinski definition) is 3. The number of benzene rings is 1. The Hall–Kier alpha value is -2.72. The maximum Gasteiger partial charge on any atom is 0.573 e. The lowest BCUT2D eigenvalue weighted by Crippen LogP contribution is -2.21. The van der Waals surface area contributed by atoms with Crippen LogP contribution < -0.4 is 16.2 Å². The Kier molecular flexibility index (Phi) is 5.90. The van der Waals surface area contributed by atoms with Gasteiger partial charge in [-0.05, 0) is 12.1 Å². The molecule has 0 bridgehead atoms. The van der Waals surface area contributed by atoms with Crippen molar-refractivity contribution in [3.63, 3.8) is 0 Å². The van der Waals surface area contributed by atoms with Crippen molar-refractivity contribution < 1.29 is 28.2 Å². The van der Waals surface area contributed by atoms with Crippen LogP contribution in [0, 0.1) is 10.1 Å². The Morgan fingerprint density at radius 3 is 2.37 bits per heavy atom. The molecule has 0 aliphatic heterocycles. The van der Waals surface area contributed by atoms with Gasteiger partial charge in [0.25, 0.3) is 5.09 Å². The summed E-state index contributed by atoms with van der Waals surface area (Å²) in [5.41, 5.74) is 10.3. The largest absolute Gasteiger partial charge is 0.573 e. The van der Waals surface area contributed by atoms with Crippen LogP contribution in [0.1, 0.15) is 0 Å². The van der Waals surface area contributed by atoms with E-state index in [1.54, 1.807) is 0 Å². The number of guanidine groups is 1. The van der Waals surface area contributed by atoms with Gasteiger partial charge in [-0.1, -0.05) is 6.07 Å². The molecular weight excluding hydrogens is 273 g/mol. The van der Waals surface area contributed by atoms with Gasteiger partial charge in [0.15, 0.2) is 5.96 Å². The topological polar surface area (TPSA) is 137 Å². The maximum absolute atomic E-state index is 11.8. The highest BCUT2D eigenvalue weighted by Gasteiger charge is 2.31. The van der Waals surface area contributed by atoms with Crippen molar-refractivity contribution in [3.8, 4) is 5.75 Å². The van der Waals surface area contributed by atoms with E-state index in [0.717, 1.165) is 12.1 Å². The van der Waals surface area contributed by atoms with Gasteiger partial charge in [-0.25, -0.2) is 4.99 Å². The van der Waals surface area contributed by atoms with E-state index >= 15 is 0 Å². The molecule has 0 saturated carbocycles. The minimum atomic E-state index is -4.73. The molecule has 0 radical (unpaired) electrons. The molecule has 8 nitrogen and oxygen atoms in total. The summed E-state index contributed by atoms with van der Waals surface area (Å²) < 4.78 is 39.2. The molecule has 1 rings (SSSR count). The highest BCUT2D eigenvalue weighted by Crippen LogP contribution is 2.25. The Bertz CT molecular complexity index is 456. The lowest BCUT2D eigenvalue weighted by atomic mass is 10.3. The fraction of sp³-hybridized carbons (Fsp3) is 0.125. The van der Waals surface area contributed by atoms with E-state index in [2.05, 4.69) is 9.73 Å². The Morgan fingerprint density at radius 1 is 1.42 bits per heavy atom. The molecule has 1 aromatic carbocycles. The van der Waals surface area contributed by atoms with Crippen LogP contribution in [0.15, 0.2) is 29.3 Å². The number of hydrogen-bond acceptors (Lipinski definition) is 4. The average molecular weight is 282 g/mol. The van der Waals surface area contributed by atoms with Gasteiger partial charge in [-0.3, -0.25) is 0 Å². The van der Waals surface area contributed by atoms with E-state index < -0.39 is 11.4 Å². The molecule has 0 heterocycles. The summed E-state index contributed by atoms with van der Waals surface area (Å²) in [5, 5.41) is 13.6. The highest BCUT2D eigenvalue weighted by atomic mass is 19.4. The van der Waals surface area contributed by atoms with Crippen molar-refractivity contribution in [3.05, 3.63) is 34.4 Å². The van der Waals surface area contributed by atoms with E-state index in [0.29, 0.717) is 0 Å². The van der Waals surface area contributed by atoms with Gasteiger partial charge < -0.3 is 21.4 Å². The van der Waals surface area contributed by atoms with Crippen molar-refractivity contribution in [1.29, 1.82) is 0 Å². The quantitative estimate of drug-likeness (QED) is 0.322. The summed E-state index contributed by atoms with van der Waals surface area (Å²) in [6.45, 7) is 0. The molecule has 106 valence electrons. The number of rotatable bonds is 2. The zero-order valence-electron chi connectivity index (χ0n) is 9.16. The molecule has 1 aromatic rings. The predicted molar refractivity (Wildman–Crippen MR) is 57.4 cm³/mol. The smallest absolute Gasteiger partial charge is 0.406 e. The van der Waals surface area contributed by atoms with Crippen molar-refractivity contribution in [2.75, 3.05) is 0 Å². The molecule has 0 spiro atoms. The second kappa shape index (κ2) is 6.88. The number of nitrogens with zero attached hydrogens (tertiary/aromatic N) is 2. The second-order valence-electron chi connectivity index (χ2n) is 2.82. The van der Waals surface area contributed by atoms with Crippen molar-refractivity contribution >= 4 is 11.6 Å². The van der Waals surface area contributed by atoms with Gasteiger partial charge in [0, 0.05) is 6.07 Å². The first-order valence-corrected chi connectivity index (χ1v) is 4.39. The third kappa shape index (κ3) is 10.2. The molecule has 0 unspecified atom stereocenters. The second-order valence-corrected chi connectivity index (χ2v) is 2.82. The van der Waals surface area contributed by atoms with Crippen molar-refractivity contribution in [1.82, 2.24) is 0 Å². The van der Waals surface area contributed by atoms with Crippen LogP contribution in [0.3, 0.4) is 0 Å². The Balaban J connectivity index is 0.000000711. The average Bonchev–Trinajstić information content (AvgIpc) is 2.12. The molecule has 5 N–H and O–H groups in total. The van der Waals surface area contributed by atoms with Crippen LogP contribution in [0.4, 0.5) is 18.9 Å². The number of alkyl halides is 3. The first-order chi connectivity index (χ1) is 8.60. The Labute approximate surface area is 104 Å². The maximum atomic E-state index is 11.8. The lowest BCUT2D eigenvalue weighted by molar-refractivity contribution is -0.742. The van der Waals surface area contributed by atoms with Gasteiger partial charge in [0.05, 0.1) is 5.69 Å². The summed E-state index contributed by atoms with van der Waals surface area (Å²) in [7, 11) is 0. The molecular formula is C8H9F3N4O4. The molecule has 0 saturated heterocycles. The zero-order chi connectivity index (χ0) is 15.1. The van der Waals surface area contributed by atoms with Crippen LogP contribution in [0.2, 0.25) is 0 Å². The fourth-order valence-electron chi connectivity index (χ4n) is 0.899. The number of ether oxygens (including phenoxy) is 1. The van der Waals surface area contributed by atoms with Crippen molar-refractivity contribution in [2.24, 2.45) is 16.5 Å². The third-order valence-electron chi connectivity index (χ3n) is 1.31. The standard InChI is InChI=1S/C8H8F3N3O.HNO3/c9-8(10,11)15-6-3-1-2-5(4-6)14-7(12)13;2-1(3)4/h1-4H,(H4,12,13,14);(H,2,3,4). The van der Waals surface area contributed by atoms with Crippen LogP contribution in [-0.4, -0.2) is 22.6 Å². The summed E-state index contributed by atoms with van der Waals surface area (Å²) >= 11 is 0. The van der Waals surface area contributed by atoms with Gasteiger partial charge in [0.1, 0.15) is 5.75 Å². The van der Waals surface area contributed by atoms with E-state index in [9.17, 15) is 13.2 Å².